The second kappa shape index (κ2) is 7.93. The topological polar surface area (TPSA) is 3.24 Å². The van der Waals surface area contributed by atoms with Gasteiger partial charge in [0.25, 0.3) is 0 Å². The molecule has 2 heteroatoms. The summed E-state index contributed by atoms with van der Waals surface area (Å²) in [5.74, 6) is 3.36. The van der Waals surface area contributed by atoms with E-state index in [9.17, 15) is 0 Å². The van der Waals surface area contributed by atoms with Gasteiger partial charge in [0, 0.05) is 5.88 Å². The van der Waals surface area contributed by atoms with Crippen LogP contribution in [0.15, 0.2) is 0 Å². The molecule has 0 aliphatic rings. The molecule has 0 saturated heterocycles. The summed E-state index contributed by atoms with van der Waals surface area (Å²) in [4.78, 5) is 2.39. The highest BCUT2D eigenvalue weighted by Gasteiger charge is 1.97. The van der Waals surface area contributed by atoms with Gasteiger partial charge in [-0.1, -0.05) is 20.8 Å². The molecule has 0 aromatic heterocycles. The van der Waals surface area contributed by atoms with E-state index in [1.165, 1.54) is 31.0 Å². The fourth-order valence-corrected chi connectivity index (χ4v) is 2.19. The van der Waals surface area contributed by atoms with Gasteiger partial charge in [-0.2, -0.15) is 0 Å². The number of nitrogens with zero attached hydrogens (tertiary/aromatic N) is 1. The van der Waals surface area contributed by atoms with E-state index >= 15 is 0 Å². The van der Waals surface area contributed by atoms with Gasteiger partial charge in [-0.25, -0.2) is 0 Å². The number of thioether (sulfide) groups is 1. The van der Waals surface area contributed by atoms with Gasteiger partial charge in [0.15, 0.2) is 0 Å². The zero-order valence-corrected chi connectivity index (χ0v) is 9.78. The molecular formula is C10H23NS. The van der Waals surface area contributed by atoms with Crippen molar-refractivity contribution in [2.75, 3.05) is 25.2 Å². The molecule has 74 valence electrons. The lowest BCUT2D eigenvalue weighted by molar-refractivity contribution is 0.392. The predicted octanol–water partition coefficient (Wildman–Crippen LogP) is 3.07. The van der Waals surface area contributed by atoms with E-state index in [4.69, 9.17) is 0 Å². The molecule has 0 amide bonds. The third-order valence-electron chi connectivity index (χ3n) is 1.76. The van der Waals surface area contributed by atoms with Crippen molar-refractivity contribution in [1.82, 2.24) is 4.90 Å². The second-order valence-electron chi connectivity index (χ2n) is 3.80. The van der Waals surface area contributed by atoms with Gasteiger partial charge in [-0.05, 0) is 38.1 Å². The molecule has 0 aromatic carbocycles. The minimum atomic E-state index is 0.856. The van der Waals surface area contributed by atoms with Crippen LogP contribution in [0.1, 0.15) is 33.6 Å². The molecule has 0 aliphatic heterocycles. The van der Waals surface area contributed by atoms with Crippen molar-refractivity contribution in [3.8, 4) is 0 Å². The van der Waals surface area contributed by atoms with E-state index in [-0.39, 0.29) is 0 Å². The van der Waals surface area contributed by atoms with E-state index < -0.39 is 0 Å². The maximum Gasteiger partial charge on any atom is 0.0441 e. The van der Waals surface area contributed by atoms with Crippen LogP contribution in [-0.4, -0.2) is 30.1 Å². The highest BCUT2D eigenvalue weighted by molar-refractivity contribution is 7.99. The molecule has 0 rings (SSSR count). The molecular weight excluding hydrogens is 166 g/mol. The zero-order chi connectivity index (χ0) is 9.40. The van der Waals surface area contributed by atoms with Crippen LogP contribution < -0.4 is 0 Å². The summed E-state index contributed by atoms with van der Waals surface area (Å²) in [6, 6.07) is 0. The Bertz CT molecular complexity index is 93.8. The van der Waals surface area contributed by atoms with Crippen LogP contribution in [0.2, 0.25) is 0 Å². The fourth-order valence-electron chi connectivity index (χ4n) is 0.986. The van der Waals surface area contributed by atoms with Crippen molar-refractivity contribution >= 4 is 11.8 Å². The van der Waals surface area contributed by atoms with Gasteiger partial charge >= 0.3 is 0 Å². The van der Waals surface area contributed by atoms with Crippen LogP contribution in [0.25, 0.3) is 0 Å². The molecule has 0 radical (unpaired) electrons. The normalized spacial score (nSPS) is 11.5. The largest absolute Gasteiger partial charge is 0.297 e. The third kappa shape index (κ3) is 8.41. The lowest BCUT2D eigenvalue weighted by Crippen LogP contribution is -2.18. The lowest BCUT2D eigenvalue weighted by Gasteiger charge is -2.14. The standard InChI is InChI=1S/C10H23NS/c1-5-7-11(4)9-12-8-6-10(2)3/h10H,5-9H2,1-4H3. The molecule has 0 fully saturated rings. The molecule has 12 heavy (non-hydrogen) atoms. The van der Waals surface area contributed by atoms with Gasteiger partial charge in [-0.3, -0.25) is 4.90 Å². The summed E-state index contributed by atoms with van der Waals surface area (Å²) in [6.07, 6.45) is 2.62. The van der Waals surface area contributed by atoms with Gasteiger partial charge in [0.05, 0.1) is 0 Å². The van der Waals surface area contributed by atoms with E-state index in [2.05, 4.69) is 44.5 Å². The Morgan fingerprint density at radius 3 is 2.50 bits per heavy atom. The Balaban J connectivity index is 3.08. The summed E-state index contributed by atoms with van der Waals surface area (Å²) < 4.78 is 0. The highest BCUT2D eigenvalue weighted by atomic mass is 32.2. The van der Waals surface area contributed by atoms with E-state index in [0.29, 0.717) is 0 Å². The quantitative estimate of drug-likeness (QED) is 0.447. The maximum absolute atomic E-state index is 2.39. The first kappa shape index (κ1) is 12.3. The lowest BCUT2D eigenvalue weighted by atomic mass is 10.2. The first-order valence-corrected chi connectivity index (χ1v) is 6.08. The van der Waals surface area contributed by atoms with Gasteiger partial charge in [-0.15, -0.1) is 11.8 Å². The predicted molar refractivity (Wildman–Crippen MR) is 59.7 cm³/mol. The van der Waals surface area contributed by atoms with Crippen molar-refractivity contribution in [1.29, 1.82) is 0 Å². The monoisotopic (exact) mass is 189 g/mol. The molecule has 0 N–H and O–H groups in total. The molecule has 0 spiro atoms. The molecule has 0 bridgehead atoms. The van der Waals surface area contributed by atoms with Crippen LogP contribution in [0.3, 0.4) is 0 Å². The molecule has 0 heterocycles. The molecule has 0 aromatic rings. The smallest absolute Gasteiger partial charge is 0.0441 e. The number of hydrogen-bond acceptors (Lipinski definition) is 2. The highest BCUT2D eigenvalue weighted by Crippen LogP contribution is 2.09. The third-order valence-corrected chi connectivity index (χ3v) is 2.90. The summed E-state index contributed by atoms with van der Waals surface area (Å²) >= 11 is 2.06. The zero-order valence-electron chi connectivity index (χ0n) is 8.97. The Hall–Kier alpha value is 0.310. The second-order valence-corrected chi connectivity index (χ2v) is 4.87. The number of rotatable bonds is 7. The average Bonchev–Trinajstić information content (AvgIpc) is 1.98. The van der Waals surface area contributed by atoms with Crippen LogP contribution in [0, 0.1) is 5.92 Å². The number of hydrogen-bond donors (Lipinski definition) is 0. The summed E-state index contributed by atoms with van der Waals surface area (Å²) in [5.41, 5.74) is 0. The van der Waals surface area contributed by atoms with Crippen molar-refractivity contribution in [2.24, 2.45) is 5.92 Å². The summed E-state index contributed by atoms with van der Waals surface area (Å²) in [6.45, 7) is 8.04. The maximum atomic E-state index is 2.39. The Labute approximate surface area is 81.9 Å². The SMILES string of the molecule is CCCN(C)CSCCC(C)C. The van der Waals surface area contributed by atoms with Gasteiger partial charge in [0.1, 0.15) is 0 Å². The van der Waals surface area contributed by atoms with Crippen LogP contribution in [0.5, 0.6) is 0 Å². The first-order valence-electron chi connectivity index (χ1n) is 4.93. The van der Waals surface area contributed by atoms with Crippen molar-refractivity contribution in [2.45, 2.75) is 33.6 Å². The van der Waals surface area contributed by atoms with Crippen molar-refractivity contribution < 1.29 is 0 Å². The van der Waals surface area contributed by atoms with E-state index in [1.807, 2.05) is 0 Å². The Kier molecular flexibility index (Phi) is 8.14. The molecule has 0 unspecified atom stereocenters. The minimum absolute atomic E-state index is 0.856. The minimum Gasteiger partial charge on any atom is -0.297 e. The first-order chi connectivity index (χ1) is 5.66. The molecule has 0 aliphatic carbocycles. The Morgan fingerprint density at radius 1 is 1.33 bits per heavy atom. The molecule has 0 atom stereocenters. The summed E-state index contributed by atoms with van der Waals surface area (Å²) in [7, 11) is 2.20. The summed E-state index contributed by atoms with van der Waals surface area (Å²) in [5, 5.41) is 0. The van der Waals surface area contributed by atoms with Crippen LogP contribution >= 0.6 is 11.8 Å². The van der Waals surface area contributed by atoms with E-state index in [0.717, 1.165) is 5.92 Å². The molecule has 1 nitrogen and oxygen atoms in total. The van der Waals surface area contributed by atoms with Gasteiger partial charge in [0.2, 0.25) is 0 Å². The van der Waals surface area contributed by atoms with Crippen LogP contribution in [0.4, 0.5) is 0 Å². The Morgan fingerprint density at radius 2 is 2.00 bits per heavy atom. The van der Waals surface area contributed by atoms with Gasteiger partial charge < -0.3 is 0 Å². The van der Waals surface area contributed by atoms with Crippen molar-refractivity contribution in [3.63, 3.8) is 0 Å². The van der Waals surface area contributed by atoms with E-state index in [1.54, 1.807) is 0 Å². The van der Waals surface area contributed by atoms with Crippen molar-refractivity contribution in [3.05, 3.63) is 0 Å². The fraction of sp³-hybridized carbons (Fsp3) is 1.00. The average molecular weight is 189 g/mol. The molecule has 0 saturated carbocycles. The van der Waals surface area contributed by atoms with Crippen LogP contribution in [-0.2, 0) is 0 Å².